The van der Waals surface area contributed by atoms with E-state index in [9.17, 15) is 0 Å². The van der Waals surface area contributed by atoms with Crippen LogP contribution in [-0.2, 0) is 4.84 Å². The average Bonchev–Trinajstić information content (AvgIpc) is 2.19. The molecule has 3 nitrogen and oxygen atoms in total. The van der Waals surface area contributed by atoms with E-state index in [2.05, 4.69) is 11.4 Å². The molecule has 0 aliphatic rings. The molecule has 0 amide bonds. The number of nitrogens with zero attached hydrogens (tertiary/aromatic N) is 2. The van der Waals surface area contributed by atoms with Crippen molar-refractivity contribution in [1.29, 1.82) is 5.26 Å². The molecule has 0 saturated heterocycles. The summed E-state index contributed by atoms with van der Waals surface area (Å²) in [5.41, 5.74) is 1.43. The molecule has 0 spiro atoms. The molecular weight excluding hydrogens is 164 g/mol. The van der Waals surface area contributed by atoms with Crippen molar-refractivity contribution in [2.45, 2.75) is 6.92 Å². The van der Waals surface area contributed by atoms with E-state index in [0.717, 1.165) is 5.56 Å². The van der Waals surface area contributed by atoms with Gasteiger partial charge in [0.1, 0.15) is 12.8 Å². The lowest BCUT2D eigenvalue weighted by molar-refractivity contribution is 0.160. The van der Waals surface area contributed by atoms with E-state index >= 15 is 0 Å². The zero-order valence-electron chi connectivity index (χ0n) is 7.32. The number of nitriles is 1. The number of rotatable bonds is 3. The molecule has 1 aromatic carbocycles. The van der Waals surface area contributed by atoms with Gasteiger partial charge in [0.15, 0.2) is 0 Å². The van der Waals surface area contributed by atoms with Gasteiger partial charge in [-0.15, -0.1) is 0 Å². The van der Waals surface area contributed by atoms with Crippen LogP contribution in [-0.4, -0.2) is 12.8 Å². The highest BCUT2D eigenvalue weighted by Gasteiger charge is 1.90. The van der Waals surface area contributed by atoms with Crippen LogP contribution in [0.3, 0.4) is 0 Å². The summed E-state index contributed by atoms with van der Waals surface area (Å²) in [7, 11) is 0. The zero-order valence-corrected chi connectivity index (χ0v) is 7.32. The van der Waals surface area contributed by atoms with Crippen LogP contribution in [0.15, 0.2) is 29.4 Å². The van der Waals surface area contributed by atoms with Gasteiger partial charge in [0.2, 0.25) is 0 Å². The second kappa shape index (κ2) is 4.94. The van der Waals surface area contributed by atoms with Crippen LogP contribution in [0.1, 0.15) is 18.1 Å². The lowest BCUT2D eigenvalue weighted by Gasteiger charge is -1.92. The van der Waals surface area contributed by atoms with Crippen LogP contribution in [0, 0.1) is 11.3 Å². The van der Waals surface area contributed by atoms with E-state index in [4.69, 9.17) is 10.1 Å². The molecule has 0 N–H and O–H groups in total. The molecule has 0 aliphatic heterocycles. The Balaban J connectivity index is 2.65. The first-order chi connectivity index (χ1) is 6.36. The van der Waals surface area contributed by atoms with Gasteiger partial charge in [-0.1, -0.05) is 17.3 Å². The summed E-state index contributed by atoms with van der Waals surface area (Å²) in [6.07, 6.45) is 2.69. The minimum atomic E-state index is 0.531. The molecule has 0 aromatic heterocycles. The number of benzene rings is 1. The van der Waals surface area contributed by atoms with E-state index in [0.29, 0.717) is 12.2 Å². The maximum atomic E-state index is 8.52. The summed E-state index contributed by atoms with van der Waals surface area (Å²) < 4.78 is 0. The third-order valence-corrected chi connectivity index (χ3v) is 1.38. The summed E-state index contributed by atoms with van der Waals surface area (Å²) >= 11 is 0. The van der Waals surface area contributed by atoms with Gasteiger partial charge in [0.25, 0.3) is 0 Å². The molecule has 3 heteroatoms. The smallest absolute Gasteiger partial charge is 0.139 e. The predicted octanol–water partition coefficient (Wildman–Crippen LogP) is 1.81. The van der Waals surface area contributed by atoms with Crippen LogP contribution in [0.25, 0.3) is 0 Å². The molecule has 65 valence electrons. The molecule has 0 fully saturated rings. The van der Waals surface area contributed by atoms with Crippen molar-refractivity contribution in [3.05, 3.63) is 35.4 Å². The van der Waals surface area contributed by atoms with Crippen LogP contribution in [0.2, 0.25) is 0 Å². The highest BCUT2D eigenvalue weighted by molar-refractivity contribution is 5.79. The third kappa shape index (κ3) is 2.96. The summed E-state index contributed by atoms with van der Waals surface area (Å²) in [6.45, 7) is 2.38. The lowest BCUT2D eigenvalue weighted by atomic mass is 10.2. The Kier molecular flexibility index (Phi) is 3.52. The largest absolute Gasteiger partial charge is 0.396 e. The van der Waals surface area contributed by atoms with Gasteiger partial charge in [0.05, 0.1) is 11.6 Å². The minimum absolute atomic E-state index is 0.531. The van der Waals surface area contributed by atoms with Gasteiger partial charge in [-0.25, -0.2) is 0 Å². The Labute approximate surface area is 77.2 Å². The molecule has 0 atom stereocenters. The van der Waals surface area contributed by atoms with Crippen molar-refractivity contribution in [2.75, 3.05) is 6.61 Å². The van der Waals surface area contributed by atoms with Crippen molar-refractivity contribution in [3.8, 4) is 6.07 Å². The van der Waals surface area contributed by atoms with Gasteiger partial charge in [-0.05, 0) is 19.1 Å². The Morgan fingerprint density at radius 2 is 1.92 bits per heavy atom. The molecule has 0 unspecified atom stereocenters. The lowest BCUT2D eigenvalue weighted by Crippen LogP contribution is -1.84. The van der Waals surface area contributed by atoms with Crippen LogP contribution in [0.5, 0.6) is 0 Å². The molecule has 13 heavy (non-hydrogen) atoms. The Morgan fingerprint density at radius 1 is 1.31 bits per heavy atom. The maximum Gasteiger partial charge on any atom is 0.139 e. The molecule has 1 aromatic rings. The van der Waals surface area contributed by atoms with Gasteiger partial charge in [-0.3, -0.25) is 0 Å². The fraction of sp³-hybridized carbons (Fsp3) is 0.200. The Morgan fingerprint density at radius 3 is 2.46 bits per heavy atom. The summed E-state index contributed by atoms with van der Waals surface area (Å²) in [4.78, 5) is 4.74. The molecule has 1 rings (SSSR count). The summed E-state index contributed by atoms with van der Waals surface area (Å²) in [5, 5.41) is 12.1. The normalized spacial score (nSPS) is 9.85. The second-order valence-corrected chi connectivity index (χ2v) is 2.31. The van der Waals surface area contributed by atoms with Crippen molar-refractivity contribution in [3.63, 3.8) is 0 Å². The van der Waals surface area contributed by atoms with E-state index < -0.39 is 0 Å². The van der Waals surface area contributed by atoms with Gasteiger partial charge >= 0.3 is 0 Å². The fourth-order valence-electron chi connectivity index (χ4n) is 0.769. The highest BCUT2D eigenvalue weighted by atomic mass is 16.6. The molecule has 0 bridgehead atoms. The van der Waals surface area contributed by atoms with Gasteiger partial charge in [-0.2, -0.15) is 5.26 Å². The molecule has 1 radical (unpaired) electrons. The van der Waals surface area contributed by atoms with E-state index in [1.54, 1.807) is 24.3 Å². The molecule has 0 heterocycles. The van der Waals surface area contributed by atoms with Crippen molar-refractivity contribution in [2.24, 2.45) is 5.16 Å². The zero-order chi connectivity index (χ0) is 9.52. The van der Waals surface area contributed by atoms with E-state index in [1.807, 2.05) is 13.0 Å². The standard InChI is InChI=1S/C10H9N2O/c1-2-13-12-8-10-5-3-9(7-11)4-6-10/h3-6H,2H2,1H3. The fourth-order valence-corrected chi connectivity index (χ4v) is 0.769. The van der Waals surface area contributed by atoms with Crippen LogP contribution in [0.4, 0.5) is 0 Å². The first-order valence-corrected chi connectivity index (χ1v) is 3.95. The highest BCUT2D eigenvalue weighted by Crippen LogP contribution is 2.00. The van der Waals surface area contributed by atoms with E-state index in [1.165, 1.54) is 0 Å². The van der Waals surface area contributed by atoms with Crippen molar-refractivity contribution in [1.82, 2.24) is 0 Å². The second-order valence-electron chi connectivity index (χ2n) is 2.31. The predicted molar refractivity (Wildman–Crippen MR) is 49.3 cm³/mol. The van der Waals surface area contributed by atoms with Gasteiger partial charge < -0.3 is 4.84 Å². The van der Waals surface area contributed by atoms with Crippen LogP contribution < -0.4 is 0 Å². The average molecular weight is 173 g/mol. The molecule has 0 saturated carbocycles. The Hall–Kier alpha value is -1.82. The first kappa shape index (κ1) is 9.27. The summed E-state index contributed by atoms with van der Waals surface area (Å²) in [6, 6.07) is 8.99. The SMILES string of the molecule is CCO/N=[C]/c1ccc(C#N)cc1. The quantitative estimate of drug-likeness (QED) is 0.516. The van der Waals surface area contributed by atoms with Gasteiger partial charge in [0, 0.05) is 5.56 Å². The van der Waals surface area contributed by atoms with Crippen LogP contribution >= 0.6 is 0 Å². The third-order valence-electron chi connectivity index (χ3n) is 1.38. The van der Waals surface area contributed by atoms with E-state index in [-0.39, 0.29) is 0 Å². The molecule has 0 aliphatic carbocycles. The van der Waals surface area contributed by atoms with Crippen molar-refractivity contribution < 1.29 is 4.84 Å². The number of hydrogen-bond acceptors (Lipinski definition) is 3. The monoisotopic (exact) mass is 173 g/mol. The maximum absolute atomic E-state index is 8.52. The minimum Gasteiger partial charge on any atom is -0.396 e. The number of hydrogen-bond donors (Lipinski definition) is 0. The Bertz CT molecular complexity index is 322. The topological polar surface area (TPSA) is 45.4 Å². The van der Waals surface area contributed by atoms with Crippen molar-refractivity contribution >= 4 is 6.21 Å². The molecular formula is C10H9N2O. The first-order valence-electron chi connectivity index (χ1n) is 3.95. The summed E-state index contributed by atoms with van der Waals surface area (Å²) in [5.74, 6) is 0.